The molecule has 0 bridgehead atoms. The Morgan fingerprint density at radius 1 is 1.33 bits per heavy atom. The van der Waals surface area contributed by atoms with Crippen molar-refractivity contribution in [2.75, 3.05) is 7.11 Å². The zero-order valence-electron chi connectivity index (χ0n) is 10.6. The van der Waals surface area contributed by atoms with E-state index in [-0.39, 0.29) is 11.7 Å². The van der Waals surface area contributed by atoms with E-state index in [2.05, 4.69) is 0 Å². The fraction of sp³-hybridized carbons (Fsp3) is 0.333. The van der Waals surface area contributed by atoms with E-state index in [0.717, 1.165) is 0 Å². The molecule has 18 heavy (non-hydrogen) atoms. The third kappa shape index (κ3) is 1.91. The highest BCUT2D eigenvalue weighted by atomic mass is 16.5. The molecule has 2 atom stereocenters. The van der Waals surface area contributed by atoms with E-state index in [9.17, 15) is 10.2 Å². The summed E-state index contributed by atoms with van der Waals surface area (Å²) in [6.07, 6.45) is 5.64. The molecule has 2 unspecified atom stereocenters. The van der Waals surface area contributed by atoms with Crippen molar-refractivity contribution in [3.63, 3.8) is 0 Å². The molecule has 0 spiro atoms. The van der Waals surface area contributed by atoms with Crippen molar-refractivity contribution in [2.24, 2.45) is 5.92 Å². The van der Waals surface area contributed by atoms with Gasteiger partial charge in [-0.1, -0.05) is 31.2 Å². The van der Waals surface area contributed by atoms with Crippen LogP contribution in [0.4, 0.5) is 0 Å². The highest BCUT2D eigenvalue weighted by molar-refractivity contribution is 5.44. The molecule has 0 amide bonds. The number of para-hydroxylation sites is 1. The summed E-state index contributed by atoms with van der Waals surface area (Å²) in [5.41, 5.74) is -0.546. The molecule has 1 aliphatic rings. The van der Waals surface area contributed by atoms with Crippen LogP contribution in [0.3, 0.4) is 0 Å². The topological polar surface area (TPSA) is 49.7 Å². The van der Waals surface area contributed by atoms with Gasteiger partial charge in [0.2, 0.25) is 0 Å². The molecule has 2 N–H and O–H groups in total. The van der Waals surface area contributed by atoms with Crippen LogP contribution in [0.15, 0.2) is 48.3 Å². The summed E-state index contributed by atoms with van der Waals surface area (Å²) in [7, 11) is 1.57. The maximum Gasteiger partial charge on any atom is 0.125 e. The van der Waals surface area contributed by atoms with Crippen LogP contribution in [0.2, 0.25) is 0 Å². The number of benzene rings is 1. The van der Waals surface area contributed by atoms with Gasteiger partial charge in [0.05, 0.1) is 18.8 Å². The van der Waals surface area contributed by atoms with Gasteiger partial charge in [0, 0.05) is 5.56 Å². The lowest BCUT2D eigenvalue weighted by Crippen LogP contribution is -2.36. The van der Waals surface area contributed by atoms with Crippen molar-refractivity contribution in [1.82, 2.24) is 0 Å². The Bertz CT molecular complexity index is 490. The van der Waals surface area contributed by atoms with Crippen LogP contribution in [0.1, 0.15) is 18.9 Å². The molecular weight excluding hydrogens is 228 g/mol. The number of aliphatic hydroxyl groups is 2. The first kappa shape index (κ1) is 12.7. The van der Waals surface area contributed by atoms with E-state index in [0.29, 0.717) is 17.7 Å². The zero-order valence-corrected chi connectivity index (χ0v) is 10.6. The molecule has 96 valence electrons. The largest absolute Gasteiger partial charge is 0.512 e. The number of ether oxygens (including phenoxy) is 1. The van der Waals surface area contributed by atoms with E-state index in [4.69, 9.17) is 4.74 Å². The minimum Gasteiger partial charge on any atom is -0.512 e. The molecule has 1 aromatic carbocycles. The molecule has 1 aromatic rings. The Labute approximate surface area is 107 Å². The Morgan fingerprint density at radius 2 is 2.06 bits per heavy atom. The molecule has 2 rings (SSSR count). The number of allylic oxidation sites excluding steroid dienone is 2. The van der Waals surface area contributed by atoms with E-state index in [1.807, 2.05) is 31.2 Å². The van der Waals surface area contributed by atoms with Crippen LogP contribution in [0.5, 0.6) is 5.75 Å². The van der Waals surface area contributed by atoms with Gasteiger partial charge in [-0.3, -0.25) is 0 Å². The van der Waals surface area contributed by atoms with Crippen LogP contribution in [0.25, 0.3) is 0 Å². The molecule has 0 heterocycles. The first-order chi connectivity index (χ1) is 8.63. The lowest BCUT2D eigenvalue weighted by molar-refractivity contribution is 0.0163. The minimum atomic E-state index is -1.22. The molecule has 0 aliphatic heterocycles. The van der Waals surface area contributed by atoms with Crippen molar-refractivity contribution in [1.29, 1.82) is 0 Å². The molecule has 0 radical (unpaired) electrons. The Kier molecular flexibility index (Phi) is 3.43. The molecule has 0 aromatic heterocycles. The van der Waals surface area contributed by atoms with Gasteiger partial charge in [0.25, 0.3) is 0 Å². The highest BCUT2D eigenvalue weighted by Gasteiger charge is 2.40. The second-order valence-electron chi connectivity index (χ2n) is 4.44. The fourth-order valence-electron chi connectivity index (χ4n) is 2.52. The average Bonchev–Trinajstić information content (AvgIpc) is 2.39. The second kappa shape index (κ2) is 4.86. The first-order valence-electron chi connectivity index (χ1n) is 6.07. The quantitative estimate of drug-likeness (QED) is 0.862. The van der Waals surface area contributed by atoms with Crippen molar-refractivity contribution in [3.8, 4) is 5.75 Å². The van der Waals surface area contributed by atoms with Crippen LogP contribution >= 0.6 is 0 Å². The highest BCUT2D eigenvalue weighted by Crippen LogP contribution is 2.42. The summed E-state index contributed by atoms with van der Waals surface area (Å²) < 4.78 is 5.30. The number of rotatable bonds is 3. The number of aliphatic hydroxyl groups excluding tert-OH is 1. The molecule has 0 saturated carbocycles. The van der Waals surface area contributed by atoms with E-state index < -0.39 is 5.60 Å². The lowest BCUT2D eigenvalue weighted by atomic mass is 9.75. The third-order valence-corrected chi connectivity index (χ3v) is 3.45. The molecule has 1 aliphatic carbocycles. The van der Waals surface area contributed by atoms with Gasteiger partial charge in [-0.2, -0.15) is 0 Å². The van der Waals surface area contributed by atoms with E-state index in [1.54, 1.807) is 25.3 Å². The van der Waals surface area contributed by atoms with Crippen molar-refractivity contribution in [2.45, 2.75) is 18.9 Å². The SMILES string of the molecule is CCC1C(O)=CC=CC1(O)c1ccccc1OC. The average molecular weight is 246 g/mol. The van der Waals surface area contributed by atoms with Gasteiger partial charge in [0.15, 0.2) is 0 Å². The van der Waals surface area contributed by atoms with Gasteiger partial charge >= 0.3 is 0 Å². The molecule has 3 heteroatoms. The minimum absolute atomic E-state index is 0.202. The summed E-state index contributed by atoms with van der Waals surface area (Å²) in [5, 5.41) is 20.9. The maximum atomic E-state index is 10.9. The third-order valence-electron chi connectivity index (χ3n) is 3.45. The van der Waals surface area contributed by atoms with E-state index >= 15 is 0 Å². The van der Waals surface area contributed by atoms with Gasteiger partial charge in [-0.25, -0.2) is 0 Å². The molecular formula is C15H18O3. The summed E-state index contributed by atoms with van der Waals surface area (Å²) in [6.45, 7) is 1.94. The zero-order chi connectivity index (χ0) is 13.2. The smallest absolute Gasteiger partial charge is 0.125 e. The van der Waals surface area contributed by atoms with Crippen LogP contribution in [-0.2, 0) is 5.60 Å². The predicted octanol–water partition coefficient (Wildman–Crippen LogP) is 2.92. The van der Waals surface area contributed by atoms with Crippen molar-refractivity contribution in [3.05, 3.63) is 53.8 Å². The Balaban J connectivity index is 2.53. The summed E-state index contributed by atoms with van der Waals surface area (Å²) >= 11 is 0. The number of hydrogen-bond acceptors (Lipinski definition) is 3. The molecule has 0 saturated heterocycles. The van der Waals surface area contributed by atoms with Crippen molar-refractivity contribution < 1.29 is 14.9 Å². The van der Waals surface area contributed by atoms with Gasteiger partial charge in [-0.05, 0) is 24.6 Å². The second-order valence-corrected chi connectivity index (χ2v) is 4.44. The summed E-state index contributed by atoms with van der Waals surface area (Å²) in [5.74, 6) is 0.477. The molecule has 0 fully saturated rings. The standard InChI is InChI=1S/C15H18O3/c1-3-11-13(16)8-6-10-15(11,17)12-7-4-5-9-14(12)18-2/h4-11,16-17H,3H2,1-2H3. The summed E-state index contributed by atoms with van der Waals surface area (Å²) in [4.78, 5) is 0. The fourth-order valence-corrected chi connectivity index (χ4v) is 2.52. The maximum absolute atomic E-state index is 10.9. The van der Waals surface area contributed by atoms with Gasteiger partial charge in [-0.15, -0.1) is 0 Å². The predicted molar refractivity (Wildman–Crippen MR) is 70.5 cm³/mol. The number of hydrogen-bond donors (Lipinski definition) is 2. The van der Waals surface area contributed by atoms with Crippen LogP contribution in [-0.4, -0.2) is 17.3 Å². The lowest BCUT2D eigenvalue weighted by Gasteiger charge is -2.36. The molecule has 3 nitrogen and oxygen atoms in total. The van der Waals surface area contributed by atoms with Gasteiger partial charge < -0.3 is 14.9 Å². The first-order valence-corrected chi connectivity index (χ1v) is 6.07. The number of methoxy groups -OCH3 is 1. The van der Waals surface area contributed by atoms with E-state index in [1.165, 1.54) is 0 Å². The normalized spacial score (nSPS) is 26.8. The van der Waals surface area contributed by atoms with Crippen LogP contribution in [0, 0.1) is 5.92 Å². The van der Waals surface area contributed by atoms with Crippen molar-refractivity contribution >= 4 is 0 Å². The van der Waals surface area contributed by atoms with Gasteiger partial charge in [0.1, 0.15) is 11.4 Å². The van der Waals surface area contributed by atoms with Crippen LogP contribution < -0.4 is 4.74 Å². The monoisotopic (exact) mass is 246 g/mol. The summed E-state index contributed by atoms with van der Waals surface area (Å²) in [6, 6.07) is 7.34. The Morgan fingerprint density at radius 3 is 2.72 bits per heavy atom. The Hall–Kier alpha value is -1.74.